The summed E-state index contributed by atoms with van der Waals surface area (Å²) in [5, 5.41) is 21.3. The quantitative estimate of drug-likeness (QED) is 0.395. The fourth-order valence-corrected chi connectivity index (χ4v) is 3.44. The van der Waals surface area contributed by atoms with Gasteiger partial charge in [-0.25, -0.2) is 4.98 Å². The minimum atomic E-state index is -0.468. The number of rotatable bonds is 6. The Morgan fingerprint density at radius 2 is 2.20 bits per heavy atom. The molecule has 2 heterocycles. The first kappa shape index (κ1) is 15.3. The zero-order chi connectivity index (χ0) is 14.5. The maximum atomic E-state index is 10.9. The van der Waals surface area contributed by atoms with Gasteiger partial charge in [0.2, 0.25) is 0 Å². The van der Waals surface area contributed by atoms with E-state index < -0.39 is 11.0 Å². The van der Waals surface area contributed by atoms with Crippen molar-refractivity contribution in [3.05, 3.63) is 15.9 Å². The average Bonchev–Trinajstić information content (AvgIpc) is 2.79. The van der Waals surface area contributed by atoms with Crippen LogP contribution in [0.15, 0.2) is 5.03 Å². The normalized spacial score (nSPS) is 18.1. The third-order valence-electron chi connectivity index (χ3n) is 3.45. The molecule has 0 spiro atoms. The van der Waals surface area contributed by atoms with Crippen LogP contribution in [0.3, 0.4) is 0 Å². The molecule has 0 radical (unpaired) electrons. The highest BCUT2D eigenvalue weighted by Crippen LogP contribution is 2.26. The van der Waals surface area contributed by atoms with Gasteiger partial charge in [-0.1, -0.05) is 11.8 Å². The van der Waals surface area contributed by atoms with E-state index >= 15 is 0 Å². The van der Waals surface area contributed by atoms with E-state index in [9.17, 15) is 15.2 Å². The minimum Gasteiger partial charge on any atom is -0.386 e. The molecule has 3 N–H and O–H groups in total. The molecule has 1 aliphatic heterocycles. The predicted molar refractivity (Wildman–Crippen MR) is 76.1 cm³/mol. The van der Waals surface area contributed by atoms with E-state index in [2.05, 4.69) is 9.97 Å². The molecular formula is C12H21N4O3S+. The van der Waals surface area contributed by atoms with Crippen LogP contribution in [0.5, 0.6) is 0 Å². The number of aliphatic hydroxyl groups is 1. The summed E-state index contributed by atoms with van der Waals surface area (Å²) >= 11 is 1.25. The number of imidazole rings is 1. The Labute approximate surface area is 121 Å². The second kappa shape index (κ2) is 7.05. The summed E-state index contributed by atoms with van der Waals surface area (Å²) in [5.41, 5.74) is 0. The van der Waals surface area contributed by atoms with Gasteiger partial charge in [0.15, 0.2) is 10.9 Å². The van der Waals surface area contributed by atoms with Crippen molar-refractivity contribution in [1.82, 2.24) is 9.97 Å². The van der Waals surface area contributed by atoms with Gasteiger partial charge >= 0.3 is 5.82 Å². The summed E-state index contributed by atoms with van der Waals surface area (Å²) in [6.07, 6.45) is 3.27. The van der Waals surface area contributed by atoms with Gasteiger partial charge in [-0.2, -0.15) is 4.98 Å². The number of nitrogens with one attached hydrogen (secondary N) is 2. The maximum Gasteiger partial charge on any atom is 0.354 e. The summed E-state index contributed by atoms with van der Waals surface area (Å²) < 4.78 is 0. The first-order valence-electron chi connectivity index (χ1n) is 6.91. The number of nitro groups is 1. The van der Waals surface area contributed by atoms with Crippen LogP contribution in [-0.2, 0) is 0 Å². The van der Waals surface area contributed by atoms with Crippen LogP contribution in [0.25, 0.3) is 0 Å². The van der Waals surface area contributed by atoms with Gasteiger partial charge in [-0.05, 0) is 24.2 Å². The minimum absolute atomic E-state index is 0.0787. The monoisotopic (exact) mass is 301 g/mol. The van der Waals surface area contributed by atoms with Gasteiger partial charge in [-0.15, -0.1) is 0 Å². The summed E-state index contributed by atoms with van der Waals surface area (Å²) in [7, 11) is 0. The van der Waals surface area contributed by atoms with Crippen molar-refractivity contribution in [1.29, 1.82) is 0 Å². The molecule has 1 atom stereocenters. The van der Waals surface area contributed by atoms with Crippen molar-refractivity contribution in [3.8, 4) is 0 Å². The zero-order valence-electron chi connectivity index (χ0n) is 11.6. The molecule has 1 aromatic rings. The summed E-state index contributed by atoms with van der Waals surface area (Å²) in [6, 6.07) is 0. The molecule has 0 bridgehead atoms. The third-order valence-corrected chi connectivity index (χ3v) is 4.56. The Balaban J connectivity index is 1.83. The number of H-pyrrole nitrogens is 1. The number of aromatic amines is 1. The molecule has 1 unspecified atom stereocenters. The second-order valence-corrected chi connectivity index (χ2v) is 6.22. The first-order valence-corrected chi connectivity index (χ1v) is 7.90. The molecule has 112 valence electrons. The molecule has 1 aliphatic rings. The van der Waals surface area contributed by atoms with Crippen molar-refractivity contribution < 1.29 is 14.9 Å². The maximum absolute atomic E-state index is 10.9. The zero-order valence-corrected chi connectivity index (χ0v) is 12.4. The Morgan fingerprint density at radius 3 is 2.85 bits per heavy atom. The fourth-order valence-electron chi connectivity index (χ4n) is 2.51. The third kappa shape index (κ3) is 4.19. The van der Waals surface area contributed by atoms with E-state index in [4.69, 9.17) is 0 Å². The summed E-state index contributed by atoms with van der Waals surface area (Å²) in [5.74, 6) is 0.884. The van der Waals surface area contributed by atoms with Gasteiger partial charge in [0.05, 0.1) is 13.1 Å². The van der Waals surface area contributed by atoms with Gasteiger partial charge in [0.25, 0.3) is 0 Å². The van der Waals surface area contributed by atoms with E-state index in [0.717, 1.165) is 13.1 Å². The summed E-state index contributed by atoms with van der Waals surface area (Å²) in [4.78, 5) is 18.5. The van der Waals surface area contributed by atoms with Gasteiger partial charge in [0, 0.05) is 12.7 Å². The second-order valence-electron chi connectivity index (χ2n) is 5.21. The lowest BCUT2D eigenvalue weighted by Crippen LogP contribution is -3.13. The van der Waals surface area contributed by atoms with Gasteiger partial charge < -0.3 is 20.1 Å². The van der Waals surface area contributed by atoms with Gasteiger partial charge in [0.1, 0.15) is 12.6 Å². The van der Waals surface area contributed by atoms with E-state index in [0.29, 0.717) is 23.1 Å². The highest BCUT2D eigenvalue weighted by Gasteiger charge is 2.22. The number of piperidine rings is 1. The Morgan fingerprint density at radius 1 is 1.50 bits per heavy atom. The summed E-state index contributed by atoms with van der Waals surface area (Å²) in [6.45, 7) is 4.63. The molecule has 0 aliphatic carbocycles. The number of aryl methyl sites for hydroxylation is 1. The number of aliphatic hydroxyl groups excluding tert-OH is 1. The van der Waals surface area contributed by atoms with E-state index in [1.54, 1.807) is 6.92 Å². The molecule has 7 nitrogen and oxygen atoms in total. The van der Waals surface area contributed by atoms with Crippen LogP contribution in [0.4, 0.5) is 5.82 Å². The lowest BCUT2D eigenvalue weighted by atomic mass is 10.1. The number of aromatic nitrogens is 2. The molecule has 8 heteroatoms. The van der Waals surface area contributed by atoms with Crippen molar-refractivity contribution in [2.75, 3.05) is 25.4 Å². The molecule has 20 heavy (non-hydrogen) atoms. The van der Waals surface area contributed by atoms with Crippen LogP contribution in [0, 0.1) is 17.0 Å². The number of hydrogen-bond acceptors (Lipinski definition) is 5. The van der Waals surface area contributed by atoms with Crippen molar-refractivity contribution in [3.63, 3.8) is 0 Å². The van der Waals surface area contributed by atoms with Crippen molar-refractivity contribution >= 4 is 17.6 Å². The van der Waals surface area contributed by atoms with Crippen LogP contribution in [0.2, 0.25) is 0 Å². The molecule has 0 aromatic carbocycles. The van der Waals surface area contributed by atoms with E-state index in [-0.39, 0.29) is 5.82 Å². The van der Waals surface area contributed by atoms with Crippen LogP contribution in [0.1, 0.15) is 25.1 Å². The number of quaternary nitrogens is 1. The SMILES string of the molecule is Cc1nc(SCC(O)C[NH+]2CCCCC2)c([N+](=O)[O-])[nH]1. The lowest BCUT2D eigenvalue weighted by molar-refractivity contribution is -0.907. The number of thioether (sulfide) groups is 1. The molecule has 2 rings (SSSR count). The van der Waals surface area contributed by atoms with Crippen LogP contribution in [-0.4, -0.2) is 51.5 Å². The smallest absolute Gasteiger partial charge is 0.354 e. The Bertz CT molecular complexity index is 460. The van der Waals surface area contributed by atoms with Crippen LogP contribution < -0.4 is 4.90 Å². The number of hydrogen-bond donors (Lipinski definition) is 3. The number of likely N-dealkylation sites (tertiary alicyclic amines) is 1. The lowest BCUT2D eigenvalue weighted by Gasteiger charge is -2.25. The van der Waals surface area contributed by atoms with Crippen LogP contribution >= 0.6 is 11.8 Å². The van der Waals surface area contributed by atoms with Crippen molar-refractivity contribution in [2.45, 2.75) is 37.3 Å². The highest BCUT2D eigenvalue weighted by atomic mass is 32.2. The number of nitrogens with zero attached hydrogens (tertiary/aromatic N) is 2. The Hall–Kier alpha value is -1.12. The highest BCUT2D eigenvalue weighted by molar-refractivity contribution is 7.99. The standard InChI is InChI=1S/C12H20N4O3S/c1-9-13-11(16(18)19)12(14-9)20-8-10(17)7-15-5-3-2-4-6-15/h10,17H,2-8H2,1H3,(H,13,14)/p+1. The molecule has 1 aromatic heterocycles. The Kier molecular flexibility index (Phi) is 5.38. The first-order chi connectivity index (χ1) is 9.56. The van der Waals surface area contributed by atoms with E-state index in [1.807, 2.05) is 0 Å². The van der Waals surface area contributed by atoms with Gasteiger partial charge in [-0.3, -0.25) is 0 Å². The largest absolute Gasteiger partial charge is 0.386 e. The molecule has 1 saturated heterocycles. The predicted octanol–water partition coefficient (Wildman–Crippen LogP) is 0.148. The topological polar surface area (TPSA) is 96.5 Å². The average molecular weight is 301 g/mol. The molecule has 0 amide bonds. The fraction of sp³-hybridized carbons (Fsp3) is 0.750. The van der Waals surface area contributed by atoms with E-state index in [1.165, 1.54) is 35.9 Å². The molecular weight excluding hydrogens is 280 g/mol. The van der Waals surface area contributed by atoms with Crippen molar-refractivity contribution in [2.24, 2.45) is 0 Å². The molecule has 1 fully saturated rings. The molecule has 0 saturated carbocycles.